The second-order valence-electron chi connectivity index (χ2n) is 4.77. The molecule has 0 aliphatic heterocycles. The average molecular weight is 318 g/mol. The summed E-state index contributed by atoms with van der Waals surface area (Å²) in [7, 11) is 0. The van der Waals surface area contributed by atoms with Gasteiger partial charge in [0.15, 0.2) is 0 Å². The van der Waals surface area contributed by atoms with Gasteiger partial charge in [-0.1, -0.05) is 29.8 Å². The smallest absolute Gasteiger partial charge is 0.355 e. The quantitative estimate of drug-likeness (QED) is 0.705. The summed E-state index contributed by atoms with van der Waals surface area (Å²) in [6, 6.07) is 11.5. The fourth-order valence-corrected chi connectivity index (χ4v) is 2.64. The van der Waals surface area contributed by atoms with Crippen LogP contribution in [0.25, 0.3) is 22.0 Å². The number of ether oxygens (including phenoxy) is 1. The standard InChI is InChI=1S/C17H13ClFNO2/c1-2-22-17(21)16-15(11-5-3-4-6-13(11)19)12-9-10(18)7-8-14(12)20-16/h3-9,20H,2H2,1H3. The van der Waals surface area contributed by atoms with Crippen molar-refractivity contribution in [3.63, 3.8) is 0 Å². The predicted molar refractivity (Wildman–Crippen MR) is 84.7 cm³/mol. The Kier molecular flexibility index (Phi) is 3.86. The number of esters is 1. The van der Waals surface area contributed by atoms with E-state index in [1.807, 2.05) is 0 Å². The van der Waals surface area contributed by atoms with Gasteiger partial charge >= 0.3 is 5.97 Å². The fraction of sp³-hybridized carbons (Fsp3) is 0.118. The molecule has 3 rings (SSSR count). The Morgan fingerprint density at radius 1 is 1.27 bits per heavy atom. The van der Waals surface area contributed by atoms with E-state index in [9.17, 15) is 9.18 Å². The molecule has 0 fully saturated rings. The Morgan fingerprint density at radius 3 is 2.77 bits per heavy atom. The van der Waals surface area contributed by atoms with E-state index < -0.39 is 11.8 Å². The summed E-state index contributed by atoms with van der Waals surface area (Å²) in [5, 5.41) is 1.19. The van der Waals surface area contributed by atoms with E-state index in [2.05, 4.69) is 4.98 Å². The minimum Gasteiger partial charge on any atom is -0.461 e. The highest BCUT2D eigenvalue weighted by molar-refractivity contribution is 6.31. The van der Waals surface area contributed by atoms with Crippen LogP contribution in [0.4, 0.5) is 4.39 Å². The first-order valence-electron chi connectivity index (χ1n) is 6.85. The van der Waals surface area contributed by atoms with Gasteiger partial charge in [-0.05, 0) is 31.2 Å². The van der Waals surface area contributed by atoms with Gasteiger partial charge in [-0.2, -0.15) is 0 Å². The molecule has 112 valence electrons. The van der Waals surface area contributed by atoms with Crippen LogP contribution in [-0.4, -0.2) is 17.6 Å². The van der Waals surface area contributed by atoms with Gasteiger partial charge in [-0.15, -0.1) is 0 Å². The Labute approximate surface area is 131 Å². The van der Waals surface area contributed by atoms with Gasteiger partial charge < -0.3 is 9.72 Å². The van der Waals surface area contributed by atoms with Gasteiger partial charge in [0.2, 0.25) is 0 Å². The molecule has 0 spiro atoms. The number of benzene rings is 2. The van der Waals surface area contributed by atoms with E-state index in [4.69, 9.17) is 16.3 Å². The third kappa shape index (κ3) is 2.46. The molecule has 0 amide bonds. The number of H-pyrrole nitrogens is 1. The molecule has 22 heavy (non-hydrogen) atoms. The number of carbonyl (C=O) groups is 1. The maximum absolute atomic E-state index is 14.2. The number of halogens is 2. The third-order valence-corrected chi connectivity index (χ3v) is 3.62. The van der Waals surface area contributed by atoms with Crippen molar-refractivity contribution < 1.29 is 13.9 Å². The van der Waals surface area contributed by atoms with Gasteiger partial charge in [0.1, 0.15) is 11.5 Å². The van der Waals surface area contributed by atoms with Gasteiger partial charge in [-0.25, -0.2) is 9.18 Å². The van der Waals surface area contributed by atoms with E-state index in [1.165, 1.54) is 6.07 Å². The molecule has 0 aliphatic rings. The molecule has 5 heteroatoms. The van der Waals surface area contributed by atoms with Crippen molar-refractivity contribution >= 4 is 28.5 Å². The molecule has 0 unspecified atom stereocenters. The van der Waals surface area contributed by atoms with Crippen LogP contribution in [0.1, 0.15) is 17.4 Å². The minimum absolute atomic E-state index is 0.226. The molecule has 3 nitrogen and oxygen atoms in total. The van der Waals surface area contributed by atoms with Crippen LogP contribution in [0.15, 0.2) is 42.5 Å². The van der Waals surface area contributed by atoms with Crippen molar-refractivity contribution in [2.24, 2.45) is 0 Å². The summed E-state index contributed by atoms with van der Waals surface area (Å²) in [5.41, 5.74) is 1.73. The molecular formula is C17H13ClFNO2. The third-order valence-electron chi connectivity index (χ3n) is 3.38. The summed E-state index contributed by atoms with van der Waals surface area (Å²) in [4.78, 5) is 15.2. The van der Waals surface area contributed by atoms with Crippen LogP contribution >= 0.6 is 11.6 Å². The molecule has 1 heterocycles. The van der Waals surface area contributed by atoms with Crippen LogP contribution in [0.2, 0.25) is 5.02 Å². The van der Waals surface area contributed by atoms with Gasteiger partial charge in [-0.3, -0.25) is 0 Å². The maximum Gasteiger partial charge on any atom is 0.355 e. The summed E-state index contributed by atoms with van der Waals surface area (Å²) in [6.45, 7) is 1.96. The first kappa shape index (κ1) is 14.6. The molecule has 0 bridgehead atoms. The van der Waals surface area contributed by atoms with E-state index in [0.717, 1.165) is 0 Å². The zero-order chi connectivity index (χ0) is 15.7. The van der Waals surface area contributed by atoms with Crippen molar-refractivity contribution in [3.8, 4) is 11.1 Å². The molecule has 0 aliphatic carbocycles. The normalized spacial score (nSPS) is 10.9. The zero-order valence-electron chi connectivity index (χ0n) is 11.8. The number of hydrogen-bond acceptors (Lipinski definition) is 2. The van der Waals surface area contributed by atoms with Crippen LogP contribution in [0.3, 0.4) is 0 Å². The molecule has 2 aromatic carbocycles. The first-order chi connectivity index (χ1) is 10.6. The Balaban J connectivity index is 2.33. The van der Waals surface area contributed by atoms with Crippen LogP contribution in [-0.2, 0) is 4.74 Å². The molecule has 0 atom stereocenters. The van der Waals surface area contributed by atoms with E-state index in [1.54, 1.807) is 43.3 Å². The molecule has 0 radical (unpaired) electrons. The molecule has 3 aromatic rings. The molecule has 0 saturated heterocycles. The summed E-state index contributed by atoms with van der Waals surface area (Å²) in [5.74, 6) is -0.929. The number of fused-ring (bicyclic) bond motifs is 1. The predicted octanol–water partition coefficient (Wildman–Crippen LogP) is 4.80. The number of aromatic amines is 1. The lowest BCUT2D eigenvalue weighted by Crippen LogP contribution is -2.06. The lowest BCUT2D eigenvalue weighted by molar-refractivity contribution is 0.0521. The first-order valence-corrected chi connectivity index (χ1v) is 7.23. The van der Waals surface area contributed by atoms with Crippen LogP contribution in [0.5, 0.6) is 0 Å². The Morgan fingerprint density at radius 2 is 2.05 bits per heavy atom. The van der Waals surface area contributed by atoms with Crippen molar-refractivity contribution in [1.82, 2.24) is 4.98 Å². The van der Waals surface area contributed by atoms with Crippen molar-refractivity contribution in [2.75, 3.05) is 6.61 Å². The largest absolute Gasteiger partial charge is 0.461 e. The lowest BCUT2D eigenvalue weighted by atomic mass is 10.0. The Bertz CT molecular complexity index is 857. The molecule has 1 aromatic heterocycles. The number of nitrogens with one attached hydrogen (secondary N) is 1. The number of hydrogen-bond donors (Lipinski definition) is 1. The summed E-state index contributed by atoms with van der Waals surface area (Å²) >= 11 is 6.04. The average Bonchev–Trinajstić information content (AvgIpc) is 2.86. The van der Waals surface area contributed by atoms with Gasteiger partial charge in [0, 0.05) is 27.1 Å². The molecule has 0 saturated carbocycles. The van der Waals surface area contributed by atoms with Crippen molar-refractivity contribution in [2.45, 2.75) is 6.92 Å². The van der Waals surface area contributed by atoms with Crippen LogP contribution < -0.4 is 0 Å². The van der Waals surface area contributed by atoms with Crippen molar-refractivity contribution in [3.05, 3.63) is 59.0 Å². The summed E-state index contributed by atoms with van der Waals surface area (Å²) in [6.07, 6.45) is 0. The fourth-order valence-electron chi connectivity index (χ4n) is 2.46. The lowest BCUT2D eigenvalue weighted by Gasteiger charge is -2.06. The molecule has 1 N–H and O–H groups in total. The highest BCUT2D eigenvalue weighted by Gasteiger charge is 2.22. The van der Waals surface area contributed by atoms with Crippen LogP contribution in [0, 0.1) is 5.82 Å². The van der Waals surface area contributed by atoms with E-state index in [0.29, 0.717) is 27.1 Å². The minimum atomic E-state index is -0.520. The Hall–Kier alpha value is -2.33. The number of rotatable bonds is 3. The van der Waals surface area contributed by atoms with Crippen molar-refractivity contribution in [1.29, 1.82) is 0 Å². The number of aromatic nitrogens is 1. The maximum atomic E-state index is 14.2. The zero-order valence-corrected chi connectivity index (χ0v) is 12.6. The summed E-state index contributed by atoms with van der Waals surface area (Å²) < 4.78 is 19.3. The SMILES string of the molecule is CCOC(=O)c1[nH]c2ccc(Cl)cc2c1-c1ccccc1F. The second kappa shape index (κ2) is 5.81. The monoisotopic (exact) mass is 317 g/mol. The topological polar surface area (TPSA) is 42.1 Å². The molecular weight excluding hydrogens is 305 g/mol. The second-order valence-corrected chi connectivity index (χ2v) is 5.20. The van der Waals surface area contributed by atoms with Gasteiger partial charge in [0.05, 0.1) is 6.61 Å². The highest BCUT2D eigenvalue weighted by atomic mass is 35.5. The number of carbonyl (C=O) groups excluding carboxylic acids is 1. The highest BCUT2D eigenvalue weighted by Crippen LogP contribution is 2.35. The van der Waals surface area contributed by atoms with E-state index in [-0.39, 0.29) is 12.3 Å². The van der Waals surface area contributed by atoms with E-state index >= 15 is 0 Å². The van der Waals surface area contributed by atoms with Gasteiger partial charge in [0.25, 0.3) is 0 Å².